The number of thioether (sulfide) groups is 1. The third kappa shape index (κ3) is 7.25. The molecule has 0 aromatic heterocycles. The second-order valence-electron chi connectivity index (χ2n) is 7.80. The monoisotopic (exact) mass is 532 g/mol. The van der Waals surface area contributed by atoms with Gasteiger partial charge in [-0.3, -0.25) is 9.59 Å². The first-order valence-corrected chi connectivity index (χ1v) is 12.8. The van der Waals surface area contributed by atoms with Gasteiger partial charge in [0.25, 0.3) is 11.8 Å². The van der Waals surface area contributed by atoms with E-state index in [0.717, 1.165) is 10.6 Å². The van der Waals surface area contributed by atoms with E-state index in [9.17, 15) is 9.59 Å². The van der Waals surface area contributed by atoms with Crippen LogP contribution in [0, 0.1) is 0 Å². The molecule has 0 unspecified atom stereocenters. The third-order valence-corrected chi connectivity index (χ3v) is 6.76. The molecular weight excluding hydrogens is 511 g/mol. The van der Waals surface area contributed by atoms with Crippen molar-refractivity contribution in [3.8, 4) is 0 Å². The van der Waals surface area contributed by atoms with Crippen LogP contribution >= 0.6 is 35.0 Å². The molecule has 4 aromatic carbocycles. The zero-order chi connectivity index (χ0) is 25.3. The molecule has 0 aliphatic heterocycles. The van der Waals surface area contributed by atoms with E-state index >= 15 is 0 Å². The molecule has 4 nitrogen and oxygen atoms in total. The van der Waals surface area contributed by atoms with Crippen LogP contribution in [0.2, 0.25) is 10.0 Å². The molecule has 0 atom stereocenters. The maximum Gasteiger partial charge on any atom is 0.272 e. The average molecular weight is 533 g/mol. The highest BCUT2D eigenvalue weighted by atomic mass is 35.5. The number of carbonyl (C=O) groups is 2. The van der Waals surface area contributed by atoms with Crippen LogP contribution in [0.25, 0.3) is 6.08 Å². The van der Waals surface area contributed by atoms with Crippen molar-refractivity contribution in [2.45, 2.75) is 10.6 Å². The fourth-order valence-electron chi connectivity index (χ4n) is 3.32. The molecule has 7 heteroatoms. The molecule has 4 aromatic rings. The van der Waals surface area contributed by atoms with Crippen LogP contribution in [0.3, 0.4) is 0 Å². The Balaban J connectivity index is 1.54. The summed E-state index contributed by atoms with van der Waals surface area (Å²) in [4.78, 5) is 27.1. The van der Waals surface area contributed by atoms with Crippen molar-refractivity contribution in [3.63, 3.8) is 0 Å². The normalized spacial score (nSPS) is 11.1. The van der Waals surface area contributed by atoms with E-state index < -0.39 is 11.8 Å². The van der Waals surface area contributed by atoms with Crippen LogP contribution in [-0.2, 0) is 10.5 Å². The van der Waals surface area contributed by atoms with Gasteiger partial charge in [0, 0.05) is 31.9 Å². The van der Waals surface area contributed by atoms with Gasteiger partial charge in [-0.05, 0) is 59.7 Å². The Morgan fingerprint density at radius 2 is 1.53 bits per heavy atom. The summed E-state index contributed by atoms with van der Waals surface area (Å²) in [7, 11) is 0. The van der Waals surface area contributed by atoms with Crippen molar-refractivity contribution in [1.82, 2.24) is 5.32 Å². The largest absolute Gasteiger partial charge is 0.321 e. The molecule has 180 valence electrons. The van der Waals surface area contributed by atoms with Crippen molar-refractivity contribution >= 4 is 58.5 Å². The van der Waals surface area contributed by atoms with Crippen LogP contribution in [0.15, 0.2) is 114 Å². The Labute approximate surface area is 224 Å². The molecule has 0 saturated carbocycles. The number of rotatable bonds is 8. The maximum absolute atomic E-state index is 13.3. The van der Waals surface area contributed by atoms with Gasteiger partial charge in [0.05, 0.1) is 0 Å². The van der Waals surface area contributed by atoms with E-state index in [2.05, 4.69) is 22.8 Å². The molecule has 0 bridgehead atoms. The van der Waals surface area contributed by atoms with E-state index in [1.54, 1.807) is 60.3 Å². The molecule has 0 saturated heterocycles. The summed E-state index contributed by atoms with van der Waals surface area (Å²) in [5.41, 5.74) is 2.85. The molecular formula is C29H22Cl2N2O2S. The van der Waals surface area contributed by atoms with Crippen LogP contribution < -0.4 is 10.6 Å². The van der Waals surface area contributed by atoms with Crippen molar-refractivity contribution < 1.29 is 9.59 Å². The summed E-state index contributed by atoms with van der Waals surface area (Å²) in [6.07, 6.45) is 1.53. The molecule has 2 N–H and O–H groups in total. The molecule has 0 fully saturated rings. The van der Waals surface area contributed by atoms with Gasteiger partial charge in [0.15, 0.2) is 0 Å². The van der Waals surface area contributed by atoms with Gasteiger partial charge in [0.1, 0.15) is 5.70 Å². The Bertz CT molecular complexity index is 1390. The Morgan fingerprint density at radius 3 is 2.25 bits per heavy atom. The number of carbonyl (C=O) groups excluding carboxylic acids is 2. The Morgan fingerprint density at radius 1 is 0.806 bits per heavy atom. The first-order valence-electron chi connectivity index (χ1n) is 11.1. The first kappa shape index (κ1) is 25.6. The van der Waals surface area contributed by atoms with Gasteiger partial charge >= 0.3 is 0 Å². The van der Waals surface area contributed by atoms with Crippen molar-refractivity contribution in [1.29, 1.82) is 0 Å². The average Bonchev–Trinajstić information content (AvgIpc) is 2.89. The standard InChI is InChI=1S/C29H22Cl2N2O2S/c30-23-15-14-22(26(31)17-23)16-27(33-28(34)21-10-5-2-6-11-21)29(35)32-24-12-7-13-25(18-24)36-19-20-8-3-1-4-9-20/h1-18H,19H2,(H,32,35)(H,33,34)/b27-16+. The van der Waals surface area contributed by atoms with Crippen LogP contribution in [0.1, 0.15) is 21.5 Å². The van der Waals surface area contributed by atoms with E-state index in [-0.39, 0.29) is 5.70 Å². The number of hydrogen-bond donors (Lipinski definition) is 2. The highest BCUT2D eigenvalue weighted by molar-refractivity contribution is 7.98. The summed E-state index contributed by atoms with van der Waals surface area (Å²) in [5, 5.41) is 6.44. The predicted molar refractivity (Wildman–Crippen MR) is 149 cm³/mol. The summed E-state index contributed by atoms with van der Waals surface area (Å²) in [6.45, 7) is 0. The zero-order valence-corrected chi connectivity index (χ0v) is 21.4. The molecule has 0 aliphatic rings. The van der Waals surface area contributed by atoms with Gasteiger partial charge < -0.3 is 10.6 Å². The molecule has 36 heavy (non-hydrogen) atoms. The smallest absolute Gasteiger partial charge is 0.272 e. The summed E-state index contributed by atoms with van der Waals surface area (Å²) in [5.74, 6) is -0.0734. The quantitative estimate of drug-likeness (QED) is 0.180. The van der Waals surface area contributed by atoms with E-state index in [1.807, 2.05) is 42.5 Å². The highest BCUT2D eigenvalue weighted by Gasteiger charge is 2.16. The molecule has 2 amide bonds. The van der Waals surface area contributed by atoms with Crippen molar-refractivity contribution in [3.05, 3.63) is 136 Å². The lowest BCUT2D eigenvalue weighted by Gasteiger charge is -2.13. The van der Waals surface area contributed by atoms with Crippen LogP contribution in [-0.4, -0.2) is 11.8 Å². The number of nitrogens with one attached hydrogen (secondary N) is 2. The fraction of sp³-hybridized carbons (Fsp3) is 0.0345. The number of halogens is 2. The predicted octanol–water partition coefficient (Wildman–Crippen LogP) is 7.70. The maximum atomic E-state index is 13.3. The number of hydrogen-bond acceptors (Lipinski definition) is 3. The van der Waals surface area contributed by atoms with E-state index in [0.29, 0.717) is 26.9 Å². The van der Waals surface area contributed by atoms with E-state index in [4.69, 9.17) is 23.2 Å². The van der Waals surface area contributed by atoms with E-state index in [1.165, 1.54) is 11.6 Å². The Hall–Kier alpha value is -3.51. The fourth-order valence-corrected chi connectivity index (χ4v) is 4.69. The molecule has 4 rings (SSSR count). The van der Waals surface area contributed by atoms with Gasteiger partial charge in [-0.1, -0.05) is 83.9 Å². The minimum absolute atomic E-state index is 0.0513. The minimum Gasteiger partial charge on any atom is -0.321 e. The first-order chi connectivity index (χ1) is 17.5. The van der Waals surface area contributed by atoms with Gasteiger partial charge in [0.2, 0.25) is 0 Å². The second kappa shape index (κ2) is 12.5. The molecule has 0 radical (unpaired) electrons. The van der Waals surface area contributed by atoms with Crippen LogP contribution in [0.5, 0.6) is 0 Å². The summed E-state index contributed by atoms with van der Waals surface area (Å²) in [6, 6.07) is 31.4. The molecule has 0 aliphatic carbocycles. The molecule has 0 spiro atoms. The van der Waals surface area contributed by atoms with Crippen molar-refractivity contribution in [2.24, 2.45) is 0 Å². The van der Waals surface area contributed by atoms with Crippen molar-refractivity contribution in [2.75, 3.05) is 5.32 Å². The lowest BCUT2D eigenvalue weighted by molar-refractivity contribution is -0.113. The van der Waals surface area contributed by atoms with Crippen LogP contribution in [0.4, 0.5) is 5.69 Å². The SMILES string of the molecule is O=C(Nc1cccc(SCc2ccccc2)c1)/C(=C\c1ccc(Cl)cc1Cl)NC(=O)c1ccccc1. The van der Waals surface area contributed by atoms with Gasteiger partial charge in [-0.2, -0.15) is 0 Å². The lowest BCUT2D eigenvalue weighted by atomic mass is 10.1. The number of amides is 2. The summed E-state index contributed by atoms with van der Waals surface area (Å²) < 4.78 is 0. The third-order valence-electron chi connectivity index (χ3n) is 5.13. The topological polar surface area (TPSA) is 58.2 Å². The number of anilines is 1. The minimum atomic E-state index is -0.476. The number of benzene rings is 4. The highest BCUT2D eigenvalue weighted by Crippen LogP contribution is 2.26. The second-order valence-corrected chi connectivity index (χ2v) is 9.69. The Kier molecular flexibility index (Phi) is 8.85. The summed E-state index contributed by atoms with van der Waals surface area (Å²) >= 11 is 14.0. The van der Waals surface area contributed by atoms with Gasteiger partial charge in [-0.25, -0.2) is 0 Å². The van der Waals surface area contributed by atoms with Gasteiger partial charge in [-0.15, -0.1) is 11.8 Å². The lowest BCUT2D eigenvalue weighted by Crippen LogP contribution is -2.30. The zero-order valence-electron chi connectivity index (χ0n) is 19.1. The molecule has 0 heterocycles.